The van der Waals surface area contributed by atoms with Crippen LogP contribution in [0.4, 0.5) is 0 Å². The number of likely N-dealkylation sites (N-methyl/N-ethyl adjacent to an activating group) is 1. The van der Waals surface area contributed by atoms with Crippen LogP contribution in [0.1, 0.15) is 6.92 Å². The van der Waals surface area contributed by atoms with Crippen LogP contribution in [0, 0.1) is 0 Å². The Hall–Kier alpha value is -2.29. The van der Waals surface area contributed by atoms with Gasteiger partial charge in [0.05, 0.1) is 0 Å². The zero-order chi connectivity index (χ0) is 13.7. The predicted octanol–water partition coefficient (Wildman–Crippen LogP) is 2.87. The molecule has 1 N–H and O–H groups in total. The molecule has 0 spiro atoms. The van der Waals surface area contributed by atoms with E-state index in [9.17, 15) is 4.79 Å². The molecule has 1 atom stereocenters. The summed E-state index contributed by atoms with van der Waals surface area (Å²) < 4.78 is 5.55. The van der Waals surface area contributed by atoms with Crippen LogP contribution in [0.25, 0.3) is 11.1 Å². The highest BCUT2D eigenvalue weighted by Crippen LogP contribution is 2.22. The normalized spacial score (nSPS) is 11.7. The van der Waals surface area contributed by atoms with Gasteiger partial charge in [0, 0.05) is 7.05 Å². The summed E-state index contributed by atoms with van der Waals surface area (Å²) in [5, 5.41) is 2.56. The molecule has 2 aromatic rings. The Balaban J connectivity index is 2.09. The molecule has 0 aliphatic heterocycles. The van der Waals surface area contributed by atoms with Crippen LogP contribution < -0.4 is 10.1 Å². The number of carbonyl (C=O) groups excluding carboxylic acids is 1. The molecule has 0 fully saturated rings. The van der Waals surface area contributed by atoms with Gasteiger partial charge in [0.15, 0.2) is 6.10 Å². The number of nitrogens with one attached hydrogen (secondary N) is 1. The fourth-order valence-electron chi connectivity index (χ4n) is 1.82. The second kappa shape index (κ2) is 6.05. The first-order valence-electron chi connectivity index (χ1n) is 6.24. The molecule has 0 aliphatic carbocycles. The SMILES string of the molecule is CNC(=O)C(C)Oc1ccc(-c2ccccc2)cc1. The minimum Gasteiger partial charge on any atom is -0.481 e. The van der Waals surface area contributed by atoms with Crippen LogP contribution in [0.15, 0.2) is 54.6 Å². The number of amides is 1. The van der Waals surface area contributed by atoms with Crippen molar-refractivity contribution in [2.24, 2.45) is 0 Å². The van der Waals surface area contributed by atoms with Crippen molar-refractivity contribution in [3.63, 3.8) is 0 Å². The molecule has 3 heteroatoms. The fraction of sp³-hybridized carbons (Fsp3) is 0.188. The van der Waals surface area contributed by atoms with Gasteiger partial charge >= 0.3 is 0 Å². The molecule has 0 bridgehead atoms. The van der Waals surface area contributed by atoms with Gasteiger partial charge in [-0.2, -0.15) is 0 Å². The highest BCUT2D eigenvalue weighted by molar-refractivity contribution is 5.80. The smallest absolute Gasteiger partial charge is 0.260 e. The zero-order valence-corrected chi connectivity index (χ0v) is 11.1. The molecule has 1 amide bonds. The van der Waals surface area contributed by atoms with E-state index in [0.717, 1.165) is 11.1 Å². The van der Waals surface area contributed by atoms with Gasteiger partial charge in [-0.25, -0.2) is 0 Å². The number of hydrogen-bond donors (Lipinski definition) is 1. The lowest BCUT2D eigenvalue weighted by molar-refractivity contribution is -0.126. The summed E-state index contributed by atoms with van der Waals surface area (Å²) in [6.07, 6.45) is -0.493. The van der Waals surface area contributed by atoms with E-state index in [2.05, 4.69) is 17.4 Å². The first-order chi connectivity index (χ1) is 9.20. The summed E-state index contributed by atoms with van der Waals surface area (Å²) in [6.45, 7) is 1.73. The molecule has 0 saturated heterocycles. The Labute approximate surface area is 113 Å². The summed E-state index contributed by atoms with van der Waals surface area (Å²) in [7, 11) is 1.60. The van der Waals surface area contributed by atoms with Crippen molar-refractivity contribution in [1.82, 2.24) is 5.32 Å². The van der Waals surface area contributed by atoms with Gasteiger partial charge in [-0.1, -0.05) is 42.5 Å². The number of carbonyl (C=O) groups is 1. The summed E-state index contributed by atoms with van der Waals surface area (Å²) in [6, 6.07) is 17.9. The molecule has 19 heavy (non-hydrogen) atoms. The monoisotopic (exact) mass is 255 g/mol. The first kappa shape index (κ1) is 13.1. The van der Waals surface area contributed by atoms with Crippen molar-refractivity contribution in [1.29, 1.82) is 0 Å². The molecule has 0 heterocycles. The highest BCUT2D eigenvalue weighted by Gasteiger charge is 2.12. The average Bonchev–Trinajstić information content (AvgIpc) is 2.48. The van der Waals surface area contributed by atoms with E-state index in [1.165, 1.54) is 0 Å². The lowest BCUT2D eigenvalue weighted by Gasteiger charge is -2.13. The minimum atomic E-state index is -0.493. The average molecular weight is 255 g/mol. The van der Waals surface area contributed by atoms with Crippen LogP contribution in [-0.2, 0) is 4.79 Å². The highest BCUT2D eigenvalue weighted by atomic mass is 16.5. The van der Waals surface area contributed by atoms with E-state index < -0.39 is 6.10 Å². The maximum Gasteiger partial charge on any atom is 0.260 e. The molecule has 0 aliphatic rings. The summed E-state index contributed by atoms with van der Waals surface area (Å²) in [4.78, 5) is 11.4. The molecule has 0 radical (unpaired) electrons. The maximum atomic E-state index is 11.4. The van der Waals surface area contributed by atoms with E-state index >= 15 is 0 Å². The number of ether oxygens (including phenoxy) is 1. The molecule has 0 aromatic heterocycles. The van der Waals surface area contributed by atoms with Gasteiger partial charge in [-0.05, 0) is 30.2 Å². The lowest BCUT2D eigenvalue weighted by Crippen LogP contribution is -2.33. The van der Waals surface area contributed by atoms with E-state index in [1.54, 1.807) is 14.0 Å². The topological polar surface area (TPSA) is 38.3 Å². The zero-order valence-electron chi connectivity index (χ0n) is 11.1. The molecule has 2 aromatic carbocycles. The van der Waals surface area contributed by atoms with Gasteiger partial charge in [0.2, 0.25) is 0 Å². The first-order valence-corrected chi connectivity index (χ1v) is 6.24. The van der Waals surface area contributed by atoms with Gasteiger partial charge in [0.25, 0.3) is 5.91 Å². The van der Waals surface area contributed by atoms with E-state index in [1.807, 2.05) is 42.5 Å². The van der Waals surface area contributed by atoms with E-state index in [-0.39, 0.29) is 5.91 Å². The molecular formula is C16H17NO2. The van der Waals surface area contributed by atoms with Crippen molar-refractivity contribution in [3.8, 4) is 16.9 Å². The Morgan fingerprint density at radius 2 is 1.58 bits per heavy atom. The van der Waals surface area contributed by atoms with Crippen molar-refractivity contribution < 1.29 is 9.53 Å². The Kier molecular flexibility index (Phi) is 4.18. The van der Waals surface area contributed by atoms with Gasteiger partial charge in [-0.3, -0.25) is 4.79 Å². The van der Waals surface area contributed by atoms with Crippen molar-refractivity contribution in [3.05, 3.63) is 54.6 Å². The quantitative estimate of drug-likeness (QED) is 0.912. The Morgan fingerprint density at radius 3 is 2.16 bits per heavy atom. The number of rotatable bonds is 4. The minimum absolute atomic E-state index is 0.132. The summed E-state index contributed by atoms with van der Waals surface area (Å²) in [5.41, 5.74) is 2.29. The Morgan fingerprint density at radius 1 is 1.00 bits per heavy atom. The third kappa shape index (κ3) is 3.35. The molecule has 1 unspecified atom stereocenters. The van der Waals surface area contributed by atoms with E-state index in [4.69, 9.17) is 4.74 Å². The molecule has 2 rings (SSSR count). The van der Waals surface area contributed by atoms with Crippen LogP contribution in [0.2, 0.25) is 0 Å². The van der Waals surface area contributed by atoms with Gasteiger partial charge in [0.1, 0.15) is 5.75 Å². The van der Waals surface area contributed by atoms with E-state index in [0.29, 0.717) is 5.75 Å². The summed E-state index contributed by atoms with van der Waals surface area (Å²) in [5.74, 6) is 0.558. The van der Waals surface area contributed by atoms with Gasteiger partial charge in [-0.15, -0.1) is 0 Å². The van der Waals surface area contributed by atoms with Crippen molar-refractivity contribution >= 4 is 5.91 Å². The van der Waals surface area contributed by atoms with Crippen molar-refractivity contribution in [2.45, 2.75) is 13.0 Å². The largest absolute Gasteiger partial charge is 0.481 e. The van der Waals surface area contributed by atoms with Crippen LogP contribution >= 0.6 is 0 Å². The fourth-order valence-corrected chi connectivity index (χ4v) is 1.82. The second-order valence-corrected chi connectivity index (χ2v) is 4.26. The third-order valence-electron chi connectivity index (χ3n) is 2.89. The molecule has 0 saturated carbocycles. The standard InChI is InChI=1S/C16H17NO2/c1-12(16(18)17-2)19-15-10-8-14(9-11-15)13-6-4-3-5-7-13/h3-12H,1-2H3,(H,17,18). The molecular weight excluding hydrogens is 238 g/mol. The number of hydrogen-bond acceptors (Lipinski definition) is 2. The van der Waals surface area contributed by atoms with Crippen LogP contribution in [-0.4, -0.2) is 19.1 Å². The lowest BCUT2D eigenvalue weighted by atomic mass is 10.1. The van der Waals surface area contributed by atoms with Crippen LogP contribution in [0.5, 0.6) is 5.75 Å². The maximum absolute atomic E-state index is 11.4. The van der Waals surface area contributed by atoms with Crippen molar-refractivity contribution in [2.75, 3.05) is 7.05 Å². The molecule has 3 nitrogen and oxygen atoms in total. The summed E-state index contributed by atoms with van der Waals surface area (Å²) >= 11 is 0. The second-order valence-electron chi connectivity index (χ2n) is 4.26. The number of benzene rings is 2. The molecule has 98 valence electrons. The third-order valence-corrected chi connectivity index (χ3v) is 2.89. The predicted molar refractivity (Wildman–Crippen MR) is 76.0 cm³/mol. The van der Waals surface area contributed by atoms with Gasteiger partial charge < -0.3 is 10.1 Å². The van der Waals surface area contributed by atoms with Crippen LogP contribution in [0.3, 0.4) is 0 Å². The Bertz CT molecular complexity index is 534.